The highest BCUT2D eigenvalue weighted by atomic mass is 32.1. The first-order valence-corrected chi connectivity index (χ1v) is 17.5. The Balaban J connectivity index is 1.44. The van der Waals surface area contributed by atoms with E-state index in [0.29, 0.717) is 38.7 Å². The number of thiazole rings is 1. The van der Waals surface area contributed by atoms with Gasteiger partial charge in [-0.05, 0) is 93.3 Å². The largest absolute Gasteiger partial charge is 0.490 e. The number of hydrogen-bond donors (Lipinski definition) is 0. The van der Waals surface area contributed by atoms with E-state index in [9.17, 15) is 14.4 Å². The molecule has 10 nitrogen and oxygen atoms in total. The molecule has 0 aliphatic carbocycles. The molecule has 0 unspecified atom stereocenters. The number of carbonyl (C=O) groups is 2. The van der Waals surface area contributed by atoms with Crippen LogP contribution in [-0.4, -0.2) is 48.0 Å². The van der Waals surface area contributed by atoms with Gasteiger partial charge in [0.25, 0.3) is 5.56 Å². The summed E-state index contributed by atoms with van der Waals surface area (Å²) in [4.78, 5) is 44.8. The molecule has 11 heteroatoms. The third kappa shape index (κ3) is 7.02. The molecule has 262 valence electrons. The number of fused-ring (bicyclic) bond motifs is 1. The van der Waals surface area contributed by atoms with Crippen molar-refractivity contribution < 1.29 is 28.5 Å². The number of hydrogen-bond acceptors (Lipinski definition) is 9. The lowest BCUT2D eigenvalue weighted by Crippen LogP contribution is -2.40. The van der Waals surface area contributed by atoms with E-state index in [2.05, 4.69) is 47.0 Å². The van der Waals surface area contributed by atoms with Crippen LogP contribution in [0, 0.1) is 13.8 Å². The maximum atomic E-state index is 14.4. The molecule has 0 radical (unpaired) electrons. The van der Waals surface area contributed by atoms with E-state index in [4.69, 9.17) is 23.9 Å². The third-order valence-electron chi connectivity index (χ3n) is 8.66. The Hall–Kier alpha value is -5.68. The molecule has 6 rings (SSSR count). The summed E-state index contributed by atoms with van der Waals surface area (Å²) >= 11 is 1.26. The maximum Gasteiger partial charge on any atom is 0.343 e. The lowest BCUT2D eigenvalue weighted by molar-refractivity contribution is -0.143. The fourth-order valence-electron chi connectivity index (χ4n) is 6.29. The molecule has 0 amide bonds. The van der Waals surface area contributed by atoms with Gasteiger partial charge in [-0.25, -0.2) is 14.6 Å². The Morgan fingerprint density at radius 2 is 1.61 bits per heavy atom. The Labute approximate surface area is 299 Å². The molecule has 1 aliphatic rings. The number of nitrogens with zero attached hydrogens (tertiary/aromatic N) is 3. The number of aryl methyl sites for hydroxylation is 1. The Morgan fingerprint density at radius 1 is 0.882 bits per heavy atom. The topological polar surface area (TPSA) is 110 Å². The summed E-state index contributed by atoms with van der Waals surface area (Å²) in [7, 11) is 1.28. The molecular formula is C40H39N3O7S. The summed E-state index contributed by atoms with van der Waals surface area (Å²) in [6.45, 7) is 9.53. The number of rotatable bonds is 11. The van der Waals surface area contributed by atoms with Gasteiger partial charge in [-0.15, -0.1) is 0 Å². The van der Waals surface area contributed by atoms with Crippen LogP contribution in [0.25, 0.3) is 22.9 Å². The minimum atomic E-state index is -0.855. The second-order valence-electron chi connectivity index (χ2n) is 11.9. The fraction of sp³-hybridized carbons (Fsp3) is 0.250. The molecule has 3 aromatic carbocycles. The molecule has 0 spiro atoms. The Morgan fingerprint density at radius 3 is 2.29 bits per heavy atom. The normalized spacial score (nSPS) is 14.2. The fourth-order valence-corrected chi connectivity index (χ4v) is 7.33. The minimum absolute atomic E-state index is 0.155. The summed E-state index contributed by atoms with van der Waals surface area (Å²) in [5.41, 5.74) is 7.20. The molecule has 1 atom stereocenters. The zero-order valence-electron chi connectivity index (χ0n) is 29.4. The molecule has 2 aromatic heterocycles. The van der Waals surface area contributed by atoms with E-state index >= 15 is 0 Å². The first kappa shape index (κ1) is 35.2. The van der Waals surface area contributed by atoms with Crippen molar-refractivity contribution in [1.29, 1.82) is 0 Å². The number of allylic oxidation sites excluding steroid dienone is 1. The van der Waals surface area contributed by atoms with Crippen molar-refractivity contribution in [2.45, 2.75) is 40.7 Å². The predicted octanol–water partition coefficient (Wildman–Crippen LogP) is 5.82. The van der Waals surface area contributed by atoms with E-state index < -0.39 is 18.0 Å². The van der Waals surface area contributed by atoms with Crippen LogP contribution in [0.1, 0.15) is 49.3 Å². The summed E-state index contributed by atoms with van der Waals surface area (Å²) in [6, 6.07) is 25.0. The van der Waals surface area contributed by atoms with E-state index in [-0.39, 0.29) is 24.3 Å². The highest BCUT2D eigenvalue weighted by Gasteiger charge is 2.34. The van der Waals surface area contributed by atoms with Crippen molar-refractivity contribution in [2.75, 3.05) is 26.9 Å². The first-order chi connectivity index (χ1) is 24.6. The van der Waals surface area contributed by atoms with E-state index in [1.807, 2.05) is 45.0 Å². The number of benzene rings is 3. The zero-order valence-corrected chi connectivity index (χ0v) is 30.2. The van der Waals surface area contributed by atoms with Gasteiger partial charge >= 0.3 is 11.9 Å². The van der Waals surface area contributed by atoms with Crippen LogP contribution in [0.4, 0.5) is 0 Å². The zero-order chi connectivity index (χ0) is 36.2. The standard InChI is InChI=1S/C40H39N3O7S/c1-7-48-33-21-29(16-19-32(33)50-23-35(44)47-6)37-36(39(46)49-8-2)25(4)41-40-43(37)38(45)34(51-40)22-30-20-24(3)42(26(30)5)31-17-14-28(15-18-31)27-12-10-9-11-13-27/h9-22,37H,7-8,23H2,1-6H3/b34-22+/t37-/m0/s1. The van der Waals surface area contributed by atoms with Gasteiger partial charge in [0.2, 0.25) is 0 Å². The summed E-state index contributed by atoms with van der Waals surface area (Å²) in [6.07, 6.45) is 1.89. The molecule has 1 aliphatic heterocycles. The van der Waals surface area contributed by atoms with Crippen LogP contribution in [0.2, 0.25) is 0 Å². The van der Waals surface area contributed by atoms with Crippen LogP contribution in [0.15, 0.2) is 99.9 Å². The SMILES string of the molecule is CCOC(=O)C1=C(C)N=c2s/c(=C/c3cc(C)n(-c4ccc(-c5ccccc5)cc4)c3C)c(=O)n2[C@H]1c1ccc(OCC(=O)OC)c(OCC)c1. The summed E-state index contributed by atoms with van der Waals surface area (Å²) < 4.78 is 25.9. The lowest BCUT2D eigenvalue weighted by Gasteiger charge is -2.25. The smallest absolute Gasteiger partial charge is 0.343 e. The average Bonchev–Trinajstić information content (AvgIpc) is 3.59. The van der Waals surface area contributed by atoms with Gasteiger partial charge in [-0.3, -0.25) is 9.36 Å². The molecule has 0 bridgehead atoms. The van der Waals surface area contributed by atoms with E-state index in [1.165, 1.54) is 23.0 Å². The molecule has 0 N–H and O–H groups in total. The molecule has 5 aromatic rings. The molecule has 0 saturated heterocycles. The van der Waals surface area contributed by atoms with Crippen molar-refractivity contribution >= 4 is 29.4 Å². The molecule has 0 fully saturated rings. The quantitative estimate of drug-likeness (QED) is 0.159. The van der Waals surface area contributed by atoms with E-state index in [0.717, 1.165) is 33.8 Å². The predicted molar refractivity (Wildman–Crippen MR) is 196 cm³/mol. The van der Waals surface area contributed by atoms with Gasteiger partial charge in [0.15, 0.2) is 22.9 Å². The third-order valence-corrected chi connectivity index (χ3v) is 9.65. The number of ether oxygens (including phenoxy) is 4. The second kappa shape index (κ2) is 15.1. The number of carbonyl (C=O) groups excluding carboxylic acids is 2. The summed E-state index contributed by atoms with van der Waals surface area (Å²) in [5, 5.41) is 0. The van der Waals surface area contributed by atoms with Crippen molar-refractivity contribution in [3.63, 3.8) is 0 Å². The van der Waals surface area contributed by atoms with Crippen LogP contribution >= 0.6 is 11.3 Å². The van der Waals surface area contributed by atoms with Gasteiger partial charge < -0.3 is 23.5 Å². The van der Waals surface area contributed by atoms with Gasteiger partial charge in [0.1, 0.15) is 0 Å². The van der Waals surface area contributed by atoms with Gasteiger partial charge in [0.05, 0.1) is 42.2 Å². The molecule has 51 heavy (non-hydrogen) atoms. The number of methoxy groups -OCH3 is 1. The Kier molecular flexibility index (Phi) is 10.4. The average molecular weight is 706 g/mol. The molecular weight excluding hydrogens is 667 g/mol. The van der Waals surface area contributed by atoms with Crippen LogP contribution in [0.5, 0.6) is 11.5 Å². The maximum absolute atomic E-state index is 14.4. The van der Waals surface area contributed by atoms with Crippen LogP contribution in [0.3, 0.4) is 0 Å². The lowest BCUT2D eigenvalue weighted by atomic mass is 9.95. The second-order valence-corrected chi connectivity index (χ2v) is 12.9. The van der Waals surface area contributed by atoms with Crippen molar-refractivity contribution in [2.24, 2.45) is 4.99 Å². The monoisotopic (exact) mass is 705 g/mol. The number of esters is 2. The minimum Gasteiger partial charge on any atom is -0.490 e. The molecule has 3 heterocycles. The first-order valence-electron chi connectivity index (χ1n) is 16.7. The Bertz CT molecular complexity index is 2320. The number of aromatic nitrogens is 2. The summed E-state index contributed by atoms with van der Waals surface area (Å²) in [5.74, 6) is -0.438. The molecule has 0 saturated carbocycles. The van der Waals surface area contributed by atoms with Gasteiger partial charge in [-0.2, -0.15) is 0 Å². The van der Waals surface area contributed by atoms with E-state index in [1.54, 1.807) is 32.0 Å². The van der Waals surface area contributed by atoms with Crippen LogP contribution in [-0.2, 0) is 19.1 Å². The highest BCUT2D eigenvalue weighted by Crippen LogP contribution is 2.36. The highest BCUT2D eigenvalue weighted by molar-refractivity contribution is 7.07. The van der Waals surface area contributed by atoms with Gasteiger partial charge in [-0.1, -0.05) is 59.9 Å². The van der Waals surface area contributed by atoms with Gasteiger partial charge in [0, 0.05) is 17.1 Å². The van der Waals surface area contributed by atoms with Crippen LogP contribution < -0.4 is 24.4 Å². The van der Waals surface area contributed by atoms with Crippen molar-refractivity contribution in [3.05, 3.63) is 132 Å². The van der Waals surface area contributed by atoms with Crippen molar-refractivity contribution in [3.8, 4) is 28.3 Å². The van der Waals surface area contributed by atoms with Crippen molar-refractivity contribution in [1.82, 2.24) is 9.13 Å².